The SMILES string of the molecule is CC(C)N(CC(N)=O)Cc1ccc(N)cc1Br. The van der Waals surface area contributed by atoms with Gasteiger partial charge in [0, 0.05) is 22.7 Å². The van der Waals surface area contributed by atoms with E-state index in [1.54, 1.807) is 0 Å². The lowest BCUT2D eigenvalue weighted by molar-refractivity contribution is -0.119. The molecular weight excluding hydrogens is 282 g/mol. The molecule has 0 aromatic heterocycles. The van der Waals surface area contributed by atoms with Crippen molar-refractivity contribution in [1.29, 1.82) is 0 Å². The fourth-order valence-corrected chi connectivity index (χ4v) is 2.05. The van der Waals surface area contributed by atoms with Gasteiger partial charge in [-0.2, -0.15) is 0 Å². The largest absolute Gasteiger partial charge is 0.399 e. The third kappa shape index (κ3) is 4.36. The maximum absolute atomic E-state index is 11.0. The Morgan fingerprint density at radius 1 is 1.47 bits per heavy atom. The highest BCUT2D eigenvalue weighted by Crippen LogP contribution is 2.21. The van der Waals surface area contributed by atoms with E-state index in [4.69, 9.17) is 11.5 Å². The molecule has 0 saturated heterocycles. The van der Waals surface area contributed by atoms with Crippen molar-refractivity contribution in [2.24, 2.45) is 5.73 Å². The van der Waals surface area contributed by atoms with Crippen LogP contribution in [0.15, 0.2) is 22.7 Å². The number of hydrogen-bond donors (Lipinski definition) is 2. The molecule has 0 fully saturated rings. The lowest BCUT2D eigenvalue weighted by Gasteiger charge is -2.25. The second kappa shape index (κ2) is 6.02. The minimum Gasteiger partial charge on any atom is -0.399 e. The highest BCUT2D eigenvalue weighted by atomic mass is 79.9. The molecule has 1 aromatic carbocycles. The van der Waals surface area contributed by atoms with Gasteiger partial charge in [-0.25, -0.2) is 0 Å². The first kappa shape index (κ1) is 14.0. The maximum Gasteiger partial charge on any atom is 0.231 e. The number of benzene rings is 1. The summed E-state index contributed by atoms with van der Waals surface area (Å²) in [5.74, 6) is -0.315. The third-order valence-electron chi connectivity index (χ3n) is 2.54. The van der Waals surface area contributed by atoms with Crippen molar-refractivity contribution in [3.63, 3.8) is 0 Å². The summed E-state index contributed by atoms with van der Waals surface area (Å²) in [6.07, 6.45) is 0. The van der Waals surface area contributed by atoms with Gasteiger partial charge in [0.25, 0.3) is 0 Å². The molecule has 0 atom stereocenters. The van der Waals surface area contributed by atoms with Crippen LogP contribution in [0, 0.1) is 0 Å². The molecule has 0 unspecified atom stereocenters. The molecule has 1 amide bonds. The molecular formula is C12H18BrN3O. The average Bonchev–Trinajstić information content (AvgIpc) is 2.19. The minimum absolute atomic E-state index is 0.256. The lowest BCUT2D eigenvalue weighted by Crippen LogP contribution is -2.38. The van der Waals surface area contributed by atoms with Gasteiger partial charge in [-0.1, -0.05) is 22.0 Å². The molecule has 0 spiro atoms. The Kier molecular flexibility index (Phi) is 4.96. The standard InChI is InChI=1S/C12H18BrN3O/c1-8(2)16(7-12(15)17)6-9-3-4-10(14)5-11(9)13/h3-5,8H,6-7,14H2,1-2H3,(H2,15,17). The molecule has 5 heteroatoms. The van der Waals surface area contributed by atoms with Crippen molar-refractivity contribution in [1.82, 2.24) is 4.90 Å². The van der Waals surface area contributed by atoms with Gasteiger partial charge in [0.1, 0.15) is 0 Å². The van der Waals surface area contributed by atoms with E-state index in [1.165, 1.54) is 0 Å². The first-order chi connectivity index (χ1) is 7.90. The van der Waals surface area contributed by atoms with Crippen LogP contribution in [0.2, 0.25) is 0 Å². The number of primary amides is 1. The van der Waals surface area contributed by atoms with Gasteiger partial charge >= 0.3 is 0 Å². The number of carbonyl (C=O) groups is 1. The van der Waals surface area contributed by atoms with Crippen molar-refractivity contribution < 1.29 is 4.79 Å². The number of carbonyl (C=O) groups excluding carboxylic acids is 1. The number of halogens is 1. The van der Waals surface area contributed by atoms with Crippen molar-refractivity contribution in [2.75, 3.05) is 12.3 Å². The second-order valence-corrected chi connectivity index (χ2v) is 5.17. The molecule has 0 aliphatic carbocycles. The zero-order valence-electron chi connectivity index (χ0n) is 10.1. The zero-order chi connectivity index (χ0) is 13.0. The Hall–Kier alpha value is -1.07. The van der Waals surface area contributed by atoms with Crippen LogP contribution < -0.4 is 11.5 Å². The molecule has 4 N–H and O–H groups in total. The summed E-state index contributed by atoms with van der Waals surface area (Å²) in [5, 5.41) is 0. The van der Waals surface area contributed by atoms with Gasteiger partial charge in [0.05, 0.1) is 6.54 Å². The van der Waals surface area contributed by atoms with E-state index in [-0.39, 0.29) is 18.5 Å². The van der Waals surface area contributed by atoms with E-state index < -0.39 is 0 Å². The summed E-state index contributed by atoms with van der Waals surface area (Å²) < 4.78 is 0.952. The first-order valence-corrected chi connectivity index (χ1v) is 6.25. The van der Waals surface area contributed by atoms with Gasteiger partial charge in [0.2, 0.25) is 5.91 Å². The third-order valence-corrected chi connectivity index (χ3v) is 3.28. The van der Waals surface area contributed by atoms with Crippen LogP contribution in [0.1, 0.15) is 19.4 Å². The molecule has 17 heavy (non-hydrogen) atoms. The molecule has 0 saturated carbocycles. The quantitative estimate of drug-likeness (QED) is 0.813. The minimum atomic E-state index is -0.315. The summed E-state index contributed by atoms with van der Waals surface area (Å²) in [7, 11) is 0. The smallest absolute Gasteiger partial charge is 0.231 e. The maximum atomic E-state index is 11.0. The highest BCUT2D eigenvalue weighted by molar-refractivity contribution is 9.10. The number of nitrogen functional groups attached to an aromatic ring is 1. The van der Waals surface area contributed by atoms with E-state index in [1.807, 2.05) is 36.9 Å². The predicted octanol–water partition coefficient (Wildman–Crippen LogP) is 1.73. The van der Waals surface area contributed by atoms with Gasteiger partial charge in [-0.15, -0.1) is 0 Å². The summed E-state index contributed by atoms with van der Waals surface area (Å²) in [5.41, 5.74) is 12.7. The van der Waals surface area contributed by atoms with E-state index >= 15 is 0 Å². The summed E-state index contributed by atoms with van der Waals surface area (Å²) in [6, 6.07) is 5.92. The molecule has 0 aliphatic rings. The number of anilines is 1. The number of hydrogen-bond acceptors (Lipinski definition) is 3. The Balaban J connectivity index is 2.82. The summed E-state index contributed by atoms with van der Waals surface area (Å²) >= 11 is 3.47. The van der Waals surface area contributed by atoms with Crippen LogP contribution in [0.5, 0.6) is 0 Å². The van der Waals surface area contributed by atoms with Gasteiger partial charge < -0.3 is 11.5 Å². The second-order valence-electron chi connectivity index (χ2n) is 4.32. The molecule has 94 valence electrons. The summed E-state index contributed by atoms with van der Waals surface area (Å²) in [6.45, 7) is 5.00. The van der Waals surface area contributed by atoms with Crippen LogP contribution in [0.3, 0.4) is 0 Å². The van der Waals surface area contributed by atoms with Crippen LogP contribution in [-0.4, -0.2) is 23.4 Å². The Morgan fingerprint density at radius 3 is 2.59 bits per heavy atom. The van der Waals surface area contributed by atoms with Crippen molar-refractivity contribution >= 4 is 27.5 Å². The van der Waals surface area contributed by atoms with Crippen molar-refractivity contribution in [3.8, 4) is 0 Å². The van der Waals surface area contributed by atoms with E-state index in [0.29, 0.717) is 12.2 Å². The first-order valence-electron chi connectivity index (χ1n) is 5.46. The molecule has 0 aliphatic heterocycles. The normalized spacial score (nSPS) is 11.1. The number of amides is 1. The van der Waals surface area contributed by atoms with Gasteiger partial charge in [-0.3, -0.25) is 9.69 Å². The fourth-order valence-electron chi connectivity index (χ4n) is 1.53. The Labute approximate surface area is 110 Å². The highest BCUT2D eigenvalue weighted by Gasteiger charge is 2.14. The number of nitrogens with two attached hydrogens (primary N) is 2. The van der Waals surface area contributed by atoms with Crippen LogP contribution in [0.4, 0.5) is 5.69 Å². The summed E-state index contributed by atoms with van der Waals surface area (Å²) in [4.78, 5) is 13.0. The molecule has 1 rings (SSSR count). The van der Waals surface area contributed by atoms with Crippen LogP contribution in [0.25, 0.3) is 0 Å². The van der Waals surface area contributed by atoms with Crippen LogP contribution >= 0.6 is 15.9 Å². The molecule has 0 bridgehead atoms. The van der Waals surface area contributed by atoms with Crippen LogP contribution in [-0.2, 0) is 11.3 Å². The van der Waals surface area contributed by atoms with Crippen molar-refractivity contribution in [2.45, 2.75) is 26.4 Å². The van der Waals surface area contributed by atoms with E-state index in [2.05, 4.69) is 15.9 Å². The average molecular weight is 300 g/mol. The predicted molar refractivity (Wildman–Crippen MR) is 73.3 cm³/mol. The molecule has 1 aromatic rings. The molecule has 4 nitrogen and oxygen atoms in total. The topological polar surface area (TPSA) is 72.3 Å². The monoisotopic (exact) mass is 299 g/mol. The van der Waals surface area contributed by atoms with E-state index in [9.17, 15) is 4.79 Å². The fraction of sp³-hybridized carbons (Fsp3) is 0.417. The Bertz CT molecular complexity index is 407. The number of nitrogens with zero attached hydrogens (tertiary/aromatic N) is 1. The van der Waals surface area contributed by atoms with Gasteiger partial charge in [-0.05, 0) is 31.5 Å². The number of rotatable bonds is 5. The molecule has 0 heterocycles. The van der Waals surface area contributed by atoms with E-state index in [0.717, 1.165) is 10.0 Å². The Morgan fingerprint density at radius 2 is 2.12 bits per heavy atom. The van der Waals surface area contributed by atoms with Gasteiger partial charge in [0.15, 0.2) is 0 Å². The van der Waals surface area contributed by atoms with Crippen molar-refractivity contribution in [3.05, 3.63) is 28.2 Å². The zero-order valence-corrected chi connectivity index (χ0v) is 11.7. The lowest BCUT2D eigenvalue weighted by atomic mass is 10.1. The molecule has 0 radical (unpaired) electrons.